The van der Waals surface area contributed by atoms with Crippen LogP contribution in [-0.4, -0.2) is 73.1 Å². The first-order valence-corrected chi connectivity index (χ1v) is 19.9. The van der Waals surface area contributed by atoms with Crippen LogP contribution in [0.4, 0.5) is 23.7 Å². The number of nitrogens with zero attached hydrogens (tertiary/aromatic N) is 2. The van der Waals surface area contributed by atoms with Crippen LogP contribution in [0.5, 0.6) is 0 Å². The average molecular weight is 778 g/mol. The van der Waals surface area contributed by atoms with Gasteiger partial charge in [-0.05, 0) is 70.4 Å². The number of hydrogen-bond acceptors (Lipinski definition) is 9. The number of fused-ring (bicyclic) bond motifs is 1. The van der Waals surface area contributed by atoms with Gasteiger partial charge in [-0.1, -0.05) is 18.2 Å². The van der Waals surface area contributed by atoms with E-state index in [1.54, 1.807) is 31.5 Å². The number of anilines is 1. The van der Waals surface area contributed by atoms with Crippen molar-refractivity contribution in [2.45, 2.75) is 81.9 Å². The lowest BCUT2D eigenvalue weighted by molar-refractivity contribution is -0.140. The molecule has 0 bridgehead atoms. The minimum absolute atomic E-state index is 0.0371. The maximum absolute atomic E-state index is 13.9. The highest BCUT2D eigenvalue weighted by Crippen LogP contribution is 2.86. The molecule has 6 rings (SSSR count). The number of alkyl halides is 3. The van der Waals surface area contributed by atoms with Gasteiger partial charge in [-0.2, -0.15) is 13.2 Å². The summed E-state index contributed by atoms with van der Waals surface area (Å²) in [7, 11) is -2.22. The van der Waals surface area contributed by atoms with E-state index in [1.807, 2.05) is 0 Å². The first kappa shape index (κ1) is 38.5. The fourth-order valence-corrected chi connectivity index (χ4v) is 9.58. The van der Waals surface area contributed by atoms with E-state index in [0.717, 1.165) is 25.0 Å². The number of thiazole rings is 1. The van der Waals surface area contributed by atoms with Crippen molar-refractivity contribution in [2.75, 3.05) is 18.9 Å². The Kier molecular flexibility index (Phi) is 10.3. The molecule has 53 heavy (non-hydrogen) atoms. The highest BCUT2D eigenvalue weighted by Gasteiger charge is 2.94. The molecule has 0 radical (unpaired) electrons. The highest BCUT2D eigenvalue weighted by atomic mass is 32.2. The normalized spacial score (nSPS) is 27.2. The van der Waals surface area contributed by atoms with E-state index in [9.17, 15) is 40.8 Å². The summed E-state index contributed by atoms with van der Waals surface area (Å²) in [6, 6.07) is 2.17. The number of allylic oxidation sites excluding steroid dienone is 1. The third-order valence-corrected chi connectivity index (χ3v) is 13.5. The predicted octanol–water partition coefficient (Wildman–Crippen LogP) is 5.56. The van der Waals surface area contributed by atoms with E-state index in [4.69, 9.17) is 4.74 Å². The van der Waals surface area contributed by atoms with Gasteiger partial charge in [0.05, 0.1) is 50.5 Å². The smallest absolute Gasteiger partial charge is 0.416 e. The molecule has 286 valence electrons. The van der Waals surface area contributed by atoms with Gasteiger partial charge in [0.25, 0.3) is 0 Å². The van der Waals surface area contributed by atoms with Crippen molar-refractivity contribution in [3.63, 3.8) is 0 Å². The van der Waals surface area contributed by atoms with Crippen LogP contribution in [-0.2, 0) is 35.3 Å². The second kappa shape index (κ2) is 14.2. The van der Waals surface area contributed by atoms with E-state index in [1.165, 1.54) is 22.3 Å². The quantitative estimate of drug-likeness (QED) is 0.156. The second-order valence-corrected chi connectivity index (χ2v) is 17.4. The van der Waals surface area contributed by atoms with Gasteiger partial charge in [-0.25, -0.2) is 18.2 Å². The molecule has 4 fully saturated rings. The summed E-state index contributed by atoms with van der Waals surface area (Å²) < 4.78 is 73.8. The summed E-state index contributed by atoms with van der Waals surface area (Å²) >= 11 is 1.29. The van der Waals surface area contributed by atoms with Crippen molar-refractivity contribution in [2.24, 2.45) is 22.7 Å². The lowest BCUT2D eigenvalue weighted by atomic mass is 9.93. The third-order valence-electron chi connectivity index (χ3n) is 10.9. The van der Waals surface area contributed by atoms with E-state index in [0.29, 0.717) is 42.9 Å². The van der Waals surface area contributed by atoms with Crippen LogP contribution >= 0.6 is 11.3 Å². The standard InChI is InChI=1S/C36H42F3N5O7S2/c1-5-7-8-9-14-44(4)30(46)26-17-22(51-33(48)41-27-15-21(36(37,38)39)10-13-24(27)28-18-52-20(3)40-28)16-25(26)29(45)42-31-34(6-2)19-35(31,34)32(47)43-53(49,50)23-11-12-23/h5-6,10,13,15,18,22-23,25-26,31H,1-2,7-9,11-12,14,16-17,19H2,3-4H3,(H,41,48)(H,42,45)(H,43,47)/t22-,25-,26-,31?,34+,35?/m1/s1. The minimum Gasteiger partial charge on any atom is -0.446 e. The molecule has 1 aromatic heterocycles. The molecule has 3 N–H and O–H groups in total. The molecule has 17 heteroatoms. The zero-order valence-electron chi connectivity index (χ0n) is 29.3. The molecule has 2 aromatic rings. The number of carbonyl (C=O) groups is 4. The summed E-state index contributed by atoms with van der Waals surface area (Å²) in [5, 5.41) is 6.99. The van der Waals surface area contributed by atoms with Crippen LogP contribution in [0.2, 0.25) is 0 Å². The number of ether oxygens (including phenoxy) is 1. The summed E-state index contributed by atoms with van der Waals surface area (Å²) in [6.07, 6.45) is -0.0337. The third kappa shape index (κ3) is 7.46. The zero-order valence-corrected chi connectivity index (χ0v) is 31.0. The zero-order chi connectivity index (χ0) is 38.5. The SMILES string of the molecule is C=CCCCCN(C)C(=O)[C@@H]1C[C@H](OC(=O)Nc2cc(C(F)(F)F)ccc2-c2csc(C)n2)C[C@H]1C(=O)NC1C2(C(=O)NS(=O)(=O)C3CC3)C[C@@]12C=C. The van der Waals surface area contributed by atoms with Gasteiger partial charge >= 0.3 is 12.3 Å². The Balaban J connectivity index is 1.18. The Hall–Kier alpha value is -4.25. The summed E-state index contributed by atoms with van der Waals surface area (Å²) in [6.45, 7) is 9.66. The molecule has 6 atom stereocenters. The number of halogens is 3. The second-order valence-electron chi connectivity index (χ2n) is 14.4. The van der Waals surface area contributed by atoms with Crippen LogP contribution in [0.25, 0.3) is 11.3 Å². The monoisotopic (exact) mass is 777 g/mol. The van der Waals surface area contributed by atoms with E-state index >= 15 is 0 Å². The van der Waals surface area contributed by atoms with Crippen LogP contribution in [0, 0.1) is 29.6 Å². The molecule has 12 nitrogen and oxygen atoms in total. The Labute approximate surface area is 309 Å². The van der Waals surface area contributed by atoms with Gasteiger partial charge in [-0.3, -0.25) is 24.4 Å². The van der Waals surface area contributed by atoms with Gasteiger partial charge in [0.15, 0.2) is 0 Å². The molecule has 2 unspecified atom stereocenters. The predicted molar refractivity (Wildman–Crippen MR) is 191 cm³/mol. The van der Waals surface area contributed by atoms with Gasteiger partial charge in [0.2, 0.25) is 27.7 Å². The number of nitrogens with one attached hydrogen (secondary N) is 3. The number of amides is 4. The maximum Gasteiger partial charge on any atom is 0.416 e. The van der Waals surface area contributed by atoms with Crippen molar-refractivity contribution in [3.8, 4) is 11.3 Å². The minimum atomic E-state index is -4.69. The molecule has 1 aromatic carbocycles. The molecule has 4 aliphatic carbocycles. The van der Waals surface area contributed by atoms with Crippen molar-refractivity contribution in [1.29, 1.82) is 0 Å². The average Bonchev–Trinajstić information content (AvgIpc) is 4.04. The van der Waals surface area contributed by atoms with E-state index in [2.05, 4.69) is 33.5 Å². The first-order valence-electron chi connectivity index (χ1n) is 17.4. The summed E-state index contributed by atoms with van der Waals surface area (Å²) in [5.41, 5.74) is -2.54. The number of aryl methyl sites for hydroxylation is 1. The molecule has 1 heterocycles. The Morgan fingerprint density at radius 1 is 1.13 bits per heavy atom. The molecule has 0 spiro atoms. The molecule has 4 aliphatic rings. The maximum atomic E-state index is 13.9. The van der Waals surface area contributed by atoms with Gasteiger partial charge in [-0.15, -0.1) is 24.5 Å². The molecule has 0 aliphatic heterocycles. The van der Waals surface area contributed by atoms with Gasteiger partial charge in [0.1, 0.15) is 6.10 Å². The van der Waals surface area contributed by atoms with Crippen molar-refractivity contribution in [3.05, 3.63) is 59.5 Å². The summed E-state index contributed by atoms with van der Waals surface area (Å²) in [5.74, 6) is -3.53. The number of aromatic nitrogens is 1. The lowest BCUT2D eigenvalue weighted by Gasteiger charge is -2.25. The highest BCUT2D eigenvalue weighted by molar-refractivity contribution is 7.91. The van der Waals surface area contributed by atoms with Crippen LogP contribution in [0.15, 0.2) is 48.9 Å². The molecular formula is C36H42F3N5O7S2. The number of rotatable bonds is 15. The fraction of sp³-hybridized carbons (Fsp3) is 0.528. The topological polar surface area (TPSA) is 164 Å². The number of sulfonamides is 1. The van der Waals surface area contributed by atoms with E-state index in [-0.39, 0.29) is 30.0 Å². The summed E-state index contributed by atoms with van der Waals surface area (Å²) in [4.78, 5) is 60.1. The van der Waals surface area contributed by atoms with Crippen molar-refractivity contribution >= 4 is 50.9 Å². The van der Waals surface area contributed by atoms with Crippen LogP contribution in [0.1, 0.15) is 61.9 Å². The van der Waals surface area contributed by atoms with Gasteiger partial charge < -0.3 is 15.0 Å². The Morgan fingerprint density at radius 2 is 1.85 bits per heavy atom. The number of carbonyl (C=O) groups excluding carboxylic acids is 4. The molecule has 0 saturated heterocycles. The van der Waals surface area contributed by atoms with Crippen LogP contribution < -0.4 is 15.4 Å². The Bertz CT molecular complexity index is 1950. The number of benzene rings is 1. The molecule has 4 amide bonds. The van der Waals surface area contributed by atoms with Crippen molar-refractivity contribution in [1.82, 2.24) is 19.9 Å². The lowest BCUT2D eigenvalue weighted by Crippen LogP contribution is -2.45. The fourth-order valence-electron chi connectivity index (χ4n) is 7.60. The molecular weight excluding hydrogens is 736 g/mol. The van der Waals surface area contributed by atoms with E-state index < -0.39 is 79.7 Å². The van der Waals surface area contributed by atoms with Crippen molar-refractivity contribution < 1.29 is 45.5 Å². The van der Waals surface area contributed by atoms with Crippen LogP contribution in [0.3, 0.4) is 0 Å². The number of unbranched alkanes of at least 4 members (excludes halogenated alkanes) is 2. The first-order chi connectivity index (χ1) is 25.0. The Morgan fingerprint density at radius 3 is 2.47 bits per heavy atom. The number of hydrogen-bond donors (Lipinski definition) is 3. The van der Waals surface area contributed by atoms with Gasteiger partial charge in [0, 0.05) is 30.0 Å². The molecule has 4 saturated carbocycles. The largest absolute Gasteiger partial charge is 0.446 e.